The highest BCUT2D eigenvalue weighted by Crippen LogP contribution is 1.81. The fraction of sp³-hybridized carbons (Fsp3) is 0.556. The SMILES string of the molecule is CCn1ccc(=O)n(CC(C)N)c1=O. The van der Waals surface area contributed by atoms with Crippen LogP contribution in [0.5, 0.6) is 0 Å². The molecule has 1 rings (SSSR count). The quantitative estimate of drug-likeness (QED) is 0.702. The molecule has 2 N–H and O–H groups in total. The highest BCUT2D eigenvalue weighted by atomic mass is 16.2. The zero-order valence-corrected chi connectivity index (χ0v) is 8.43. The summed E-state index contributed by atoms with van der Waals surface area (Å²) in [6.07, 6.45) is 1.50. The van der Waals surface area contributed by atoms with Crippen LogP contribution >= 0.6 is 0 Å². The molecule has 0 spiro atoms. The topological polar surface area (TPSA) is 70.0 Å². The van der Waals surface area contributed by atoms with Gasteiger partial charge in [0.25, 0.3) is 5.56 Å². The van der Waals surface area contributed by atoms with E-state index < -0.39 is 0 Å². The monoisotopic (exact) mass is 197 g/mol. The molecule has 0 amide bonds. The first kappa shape index (κ1) is 10.7. The van der Waals surface area contributed by atoms with Gasteiger partial charge in [0, 0.05) is 31.4 Å². The third-order valence-corrected chi connectivity index (χ3v) is 1.95. The standard InChI is InChI=1S/C9H15N3O2/c1-3-11-5-4-8(13)12(9(11)14)6-7(2)10/h4-5,7H,3,6,10H2,1-2H3. The maximum atomic E-state index is 11.6. The minimum absolute atomic E-state index is 0.201. The van der Waals surface area contributed by atoms with Crippen LogP contribution in [0, 0.1) is 0 Å². The van der Waals surface area contributed by atoms with Crippen molar-refractivity contribution in [2.24, 2.45) is 5.73 Å². The van der Waals surface area contributed by atoms with Crippen LogP contribution in [0.15, 0.2) is 21.9 Å². The fourth-order valence-corrected chi connectivity index (χ4v) is 1.25. The van der Waals surface area contributed by atoms with Gasteiger partial charge in [0.15, 0.2) is 0 Å². The lowest BCUT2D eigenvalue weighted by atomic mass is 10.3. The maximum absolute atomic E-state index is 11.6. The van der Waals surface area contributed by atoms with E-state index in [-0.39, 0.29) is 23.8 Å². The van der Waals surface area contributed by atoms with E-state index in [1.807, 2.05) is 6.92 Å². The molecule has 1 aromatic heterocycles. The molecule has 0 radical (unpaired) electrons. The number of hydrogen-bond acceptors (Lipinski definition) is 3. The second kappa shape index (κ2) is 4.23. The number of nitrogens with zero attached hydrogens (tertiary/aromatic N) is 2. The van der Waals surface area contributed by atoms with Crippen molar-refractivity contribution in [2.75, 3.05) is 0 Å². The second-order valence-corrected chi connectivity index (χ2v) is 3.31. The van der Waals surface area contributed by atoms with E-state index in [0.29, 0.717) is 6.54 Å². The number of aromatic nitrogens is 2. The van der Waals surface area contributed by atoms with Crippen molar-refractivity contribution in [3.8, 4) is 0 Å². The summed E-state index contributed by atoms with van der Waals surface area (Å²) >= 11 is 0. The molecule has 0 aliphatic carbocycles. The molecule has 0 aliphatic rings. The molecule has 0 saturated carbocycles. The molecule has 0 aromatic carbocycles. The Labute approximate surface area is 81.8 Å². The van der Waals surface area contributed by atoms with Crippen molar-refractivity contribution >= 4 is 0 Å². The summed E-state index contributed by atoms with van der Waals surface area (Å²) in [5.41, 5.74) is 4.96. The van der Waals surface area contributed by atoms with Crippen LogP contribution in [0.1, 0.15) is 13.8 Å². The second-order valence-electron chi connectivity index (χ2n) is 3.31. The smallest absolute Gasteiger partial charge is 0.326 e. The molecule has 0 fully saturated rings. The lowest BCUT2D eigenvalue weighted by Gasteiger charge is -2.09. The first-order valence-corrected chi connectivity index (χ1v) is 4.62. The fourth-order valence-electron chi connectivity index (χ4n) is 1.25. The molecule has 0 saturated heterocycles. The molecule has 78 valence electrons. The van der Waals surface area contributed by atoms with Gasteiger partial charge >= 0.3 is 5.69 Å². The normalized spacial score (nSPS) is 12.8. The summed E-state index contributed by atoms with van der Waals surface area (Å²) in [6, 6.07) is 1.18. The van der Waals surface area contributed by atoms with Gasteiger partial charge in [-0.2, -0.15) is 0 Å². The predicted octanol–water partition coefficient (Wildman–Crippen LogP) is -0.623. The van der Waals surface area contributed by atoms with Crippen LogP contribution in [0.3, 0.4) is 0 Å². The molecule has 0 aliphatic heterocycles. The number of rotatable bonds is 3. The van der Waals surface area contributed by atoms with E-state index in [4.69, 9.17) is 5.73 Å². The van der Waals surface area contributed by atoms with Gasteiger partial charge in [-0.15, -0.1) is 0 Å². The van der Waals surface area contributed by atoms with Crippen molar-refractivity contribution in [3.05, 3.63) is 33.1 Å². The van der Waals surface area contributed by atoms with Gasteiger partial charge in [-0.25, -0.2) is 4.79 Å². The molecule has 1 unspecified atom stereocenters. The van der Waals surface area contributed by atoms with Crippen molar-refractivity contribution in [2.45, 2.75) is 33.0 Å². The molecule has 1 aromatic rings. The summed E-state index contributed by atoms with van der Waals surface area (Å²) in [5, 5.41) is 0. The Kier molecular flexibility index (Phi) is 3.24. The van der Waals surface area contributed by atoms with Crippen molar-refractivity contribution < 1.29 is 0 Å². The Morgan fingerprint density at radius 3 is 2.64 bits per heavy atom. The van der Waals surface area contributed by atoms with Crippen LogP contribution in [0.4, 0.5) is 0 Å². The Bertz CT molecular complexity index is 417. The molecular formula is C9H15N3O2. The summed E-state index contributed by atoms with van der Waals surface area (Å²) < 4.78 is 2.64. The van der Waals surface area contributed by atoms with Crippen LogP contribution < -0.4 is 17.0 Å². The molecule has 14 heavy (non-hydrogen) atoms. The zero-order valence-electron chi connectivity index (χ0n) is 8.43. The third-order valence-electron chi connectivity index (χ3n) is 1.95. The van der Waals surface area contributed by atoms with Crippen LogP contribution in [0.2, 0.25) is 0 Å². The minimum Gasteiger partial charge on any atom is -0.326 e. The van der Waals surface area contributed by atoms with Crippen LogP contribution in [-0.4, -0.2) is 15.2 Å². The first-order valence-electron chi connectivity index (χ1n) is 4.62. The van der Waals surface area contributed by atoms with Gasteiger partial charge in [-0.3, -0.25) is 9.36 Å². The lowest BCUT2D eigenvalue weighted by molar-refractivity contribution is 0.516. The summed E-state index contributed by atoms with van der Waals surface area (Å²) in [7, 11) is 0. The average Bonchev–Trinajstić information content (AvgIpc) is 2.12. The van der Waals surface area contributed by atoms with Gasteiger partial charge in [0.2, 0.25) is 0 Å². The summed E-state index contributed by atoms with van der Waals surface area (Å²) in [6.45, 7) is 4.42. The number of nitrogens with two attached hydrogens (primary N) is 1. The molecule has 0 bridgehead atoms. The molecular weight excluding hydrogens is 182 g/mol. The number of aryl methyl sites for hydroxylation is 1. The van der Waals surface area contributed by atoms with Gasteiger partial charge in [-0.05, 0) is 13.8 Å². The van der Waals surface area contributed by atoms with Crippen molar-refractivity contribution in [1.29, 1.82) is 0 Å². The van der Waals surface area contributed by atoms with Crippen LogP contribution in [-0.2, 0) is 13.1 Å². The molecule has 1 heterocycles. The van der Waals surface area contributed by atoms with E-state index in [1.54, 1.807) is 6.92 Å². The van der Waals surface area contributed by atoms with Gasteiger partial charge in [0.05, 0.1) is 0 Å². The minimum atomic E-state index is -0.294. The van der Waals surface area contributed by atoms with Gasteiger partial charge in [0.1, 0.15) is 0 Å². The van der Waals surface area contributed by atoms with E-state index in [2.05, 4.69) is 0 Å². The first-order chi connectivity index (χ1) is 6.56. The molecule has 5 heteroatoms. The molecule has 1 atom stereocenters. The van der Waals surface area contributed by atoms with E-state index in [1.165, 1.54) is 16.8 Å². The Morgan fingerprint density at radius 2 is 2.14 bits per heavy atom. The van der Waals surface area contributed by atoms with Gasteiger partial charge in [-0.1, -0.05) is 0 Å². The van der Waals surface area contributed by atoms with E-state index >= 15 is 0 Å². The van der Waals surface area contributed by atoms with E-state index in [9.17, 15) is 9.59 Å². The number of hydrogen-bond donors (Lipinski definition) is 1. The Hall–Kier alpha value is -1.36. The highest BCUT2D eigenvalue weighted by molar-refractivity contribution is 4.86. The summed E-state index contributed by atoms with van der Waals surface area (Å²) in [5.74, 6) is 0. The van der Waals surface area contributed by atoms with E-state index in [0.717, 1.165) is 4.57 Å². The zero-order chi connectivity index (χ0) is 10.7. The van der Waals surface area contributed by atoms with Crippen molar-refractivity contribution in [3.63, 3.8) is 0 Å². The van der Waals surface area contributed by atoms with Gasteiger partial charge < -0.3 is 10.3 Å². The van der Waals surface area contributed by atoms with Crippen LogP contribution in [0.25, 0.3) is 0 Å². The Morgan fingerprint density at radius 1 is 1.50 bits per heavy atom. The average molecular weight is 197 g/mol. The molecule has 5 nitrogen and oxygen atoms in total. The Balaban J connectivity index is 3.26. The largest absolute Gasteiger partial charge is 0.331 e. The maximum Gasteiger partial charge on any atom is 0.331 e. The summed E-state index contributed by atoms with van der Waals surface area (Å²) in [4.78, 5) is 23.0. The van der Waals surface area contributed by atoms with Crippen molar-refractivity contribution in [1.82, 2.24) is 9.13 Å². The lowest BCUT2D eigenvalue weighted by Crippen LogP contribution is -2.42. The predicted molar refractivity (Wildman–Crippen MR) is 54.3 cm³/mol. The third kappa shape index (κ3) is 2.11. The highest BCUT2D eigenvalue weighted by Gasteiger charge is 2.05.